The molecule has 0 unspecified atom stereocenters. The number of nitrogens with one attached hydrogen (secondary N) is 1. The average molecular weight is 346 g/mol. The van der Waals surface area contributed by atoms with Crippen molar-refractivity contribution < 1.29 is 0 Å². The van der Waals surface area contributed by atoms with E-state index < -0.39 is 0 Å². The molecule has 0 atom stereocenters. The molecule has 0 aliphatic carbocycles. The van der Waals surface area contributed by atoms with Crippen LogP contribution in [0.2, 0.25) is 0 Å². The van der Waals surface area contributed by atoms with Crippen LogP contribution in [-0.2, 0) is 13.0 Å². The van der Waals surface area contributed by atoms with E-state index in [1.54, 1.807) is 0 Å². The molecule has 0 aliphatic rings. The van der Waals surface area contributed by atoms with Crippen LogP contribution in [0.4, 0.5) is 11.8 Å². The van der Waals surface area contributed by atoms with Gasteiger partial charge < -0.3 is 10.2 Å². The Morgan fingerprint density at radius 2 is 1.54 bits per heavy atom. The second-order valence-electron chi connectivity index (χ2n) is 6.55. The van der Waals surface area contributed by atoms with Gasteiger partial charge in [0.2, 0.25) is 5.95 Å². The topological polar surface area (TPSA) is 41.1 Å². The first-order chi connectivity index (χ1) is 12.7. The maximum Gasteiger partial charge on any atom is 0.227 e. The van der Waals surface area contributed by atoms with Gasteiger partial charge in [-0.1, -0.05) is 60.7 Å². The molecule has 2 aromatic carbocycles. The van der Waals surface area contributed by atoms with Gasteiger partial charge >= 0.3 is 0 Å². The monoisotopic (exact) mass is 346 g/mol. The number of nitrogens with zero attached hydrogens (tertiary/aromatic N) is 3. The molecule has 0 spiro atoms. The summed E-state index contributed by atoms with van der Waals surface area (Å²) >= 11 is 0. The molecule has 3 rings (SSSR count). The standard InChI is InChI=1S/C22H26N4/c1-18-16-21(23-15-9-14-19-10-5-3-6-11-19)25-22(24-18)26(2)17-20-12-7-4-8-13-20/h3-8,10-13,16H,9,14-15,17H2,1-2H3,(H,23,24,25). The van der Waals surface area contributed by atoms with Crippen molar-refractivity contribution in [1.29, 1.82) is 0 Å². The SMILES string of the molecule is Cc1cc(NCCCc2ccccc2)nc(N(C)Cc2ccccc2)n1. The van der Waals surface area contributed by atoms with Gasteiger partial charge in [-0.3, -0.25) is 0 Å². The first-order valence-corrected chi connectivity index (χ1v) is 9.09. The predicted octanol–water partition coefficient (Wildman–Crippen LogP) is 4.47. The minimum absolute atomic E-state index is 0.749. The van der Waals surface area contributed by atoms with Crippen LogP contribution in [0.1, 0.15) is 23.2 Å². The molecule has 0 radical (unpaired) electrons. The van der Waals surface area contributed by atoms with E-state index in [9.17, 15) is 0 Å². The fourth-order valence-electron chi connectivity index (χ4n) is 2.90. The molecule has 0 saturated carbocycles. The lowest BCUT2D eigenvalue weighted by Crippen LogP contribution is -2.20. The largest absolute Gasteiger partial charge is 0.370 e. The van der Waals surface area contributed by atoms with Crippen LogP contribution < -0.4 is 10.2 Å². The Bertz CT molecular complexity index is 803. The predicted molar refractivity (Wildman–Crippen MR) is 109 cm³/mol. The van der Waals surface area contributed by atoms with Gasteiger partial charge in [0, 0.05) is 31.9 Å². The van der Waals surface area contributed by atoms with Crippen molar-refractivity contribution in [3.8, 4) is 0 Å². The van der Waals surface area contributed by atoms with Crippen molar-refractivity contribution in [2.45, 2.75) is 26.3 Å². The molecule has 4 heteroatoms. The Labute approximate surface area is 155 Å². The van der Waals surface area contributed by atoms with Gasteiger partial charge in [-0.25, -0.2) is 4.98 Å². The highest BCUT2D eigenvalue weighted by molar-refractivity contribution is 5.43. The third-order valence-corrected chi connectivity index (χ3v) is 4.24. The van der Waals surface area contributed by atoms with Gasteiger partial charge in [-0.05, 0) is 30.9 Å². The molecule has 26 heavy (non-hydrogen) atoms. The van der Waals surface area contributed by atoms with Crippen molar-refractivity contribution in [2.75, 3.05) is 23.8 Å². The highest BCUT2D eigenvalue weighted by atomic mass is 15.2. The minimum Gasteiger partial charge on any atom is -0.370 e. The smallest absolute Gasteiger partial charge is 0.227 e. The number of hydrogen-bond acceptors (Lipinski definition) is 4. The van der Waals surface area contributed by atoms with Crippen molar-refractivity contribution in [1.82, 2.24) is 9.97 Å². The van der Waals surface area contributed by atoms with Crippen LogP contribution in [0.3, 0.4) is 0 Å². The summed E-state index contributed by atoms with van der Waals surface area (Å²) in [5.41, 5.74) is 3.59. The Morgan fingerprint density at radius 1 is 0.885 bits per heavy atom. The number of aromatic nitrogens is 2. The molecule has 0 aliphatic heterocycles. The van der Waals surface area contributed by atoms with E-state index >= 15 is 0 Å². The van der Waals surface area contributed by atoms with E-state index in [0.717, 1.165) is 43.4 Å². The van der Waals surface area contributed by atoms with Gasteiger partial charge in [-0.2, -0.15) is 4.98 Å². The summed E-state index contributed by atoms with van der Waals surface area (Å²) in [4.78, 5) is 11.3. The minimum atomic E-state index is 0.749. The van der Waals surface area contributed by atoms with Crippen LogP contribution in [0, 0.1) is 6.92 Å². The average Bonchev–Trinajstić information content (AvgIpc) is 2.66. The lowest BCUT2D eigenvalue weighted by atomic mass is 10.1. The maximum absolute atomic E-state index is 4.68. The Hall–Kier alpha value is -2.88. The van der Waals surface area contributed by atoms with Crippen LogP contribution in [0.15, 0.2) is 66.7 Å². The van der Waals surface area contributed by atoms with Crippen molar-refractivity contribution >= 4 is 11.8 Å². The second kappa shape index (κ2) is 8.99. The van der Waals surface area contributed by atoms with Gasteiger partial charge in [0.25, 0.3) is 0 Å². The summed E-state index contributed by atoms with van der Waals surface area (Å²) in [5.74, 6) is 1.64. The van der Waals surface area contributed by atoms with E-state index in [-0.39, 0.29) is 0 Å². The molecule has 3 aromatic rings. The van der Waals surface area contributed by atoms with Gasteiger partial charge in [-0.15, -0.1) is 0 Å². The summed E-state index contributed by atoms with van der Waals surface area (Å²) in [6.07, 6.45) is 2.14. The number of hydrogen-bond donors (Lipinski definition) is 1. The number of rotatable bonds is 8. The van der Waals surface area contributed by atoms with E-state index in [4.69, 9.17) is 0 Å². The Morgan fingerprint density at radius 3 is 2.23 bits per heavy atom. The lowest BCUT2D eigenvalue weighted by molar-refractivity contribution is 0.841. The zero-order valence-corrected chi connectivity index (χ0v) is 15.5. The van der Waals surface area contributed by atoms with E-state index in [1.165, 1.54) is 11.1 Å². The number of aryl methyl sites for hydroxylation is 2. The molecular weight excluding hydrogens is 320 g/mol. The third-order valence-electron chi connectivity index (χ3n) is 4.24. The molecule has 1 aromatic heterocycles. The summed E-state index contributed by atoms with van der Waals surface area (Å²) in [6, 6.07) is 23.0. The maximum atomic E-state index is 4.68. The van der Waals surface area contributed by atoms with Crippen LogP contribution >= 0.6 is 0 Å². The molecule has 0 saturated heterocycles. The van der Waals surface area contributed by atoms with Gasteiger partial charge in [0.1, 0.15) is 5.82 Å². The van der Waals surface area contributed by atoms with Crippen LogP contribution in [0.5, 0.6) is 0 Å². The van der Waals surface area contributed by atoms with E-state index in [2.05, 4.69) is 74.8 Å². The van der Waals surface area contributed by atoms with E-state index in [0.29, 0.717) is 0 Å². The number of benzene rings is 2. The molecule has 134 valence electrons. The normalized spacial score (nSPS) is 10.5. The van der Waals surface area contributed by atoms with E-state index in [1.807, 2.05) is 26.1 Å². The molecular formula is C22H26N4. The highest BCUT2D eigenvalue weighted by Crippen LogP contribution is 2.15. The Balaban J connectivity index is 1.56. The quantitative estimate of drug-likeness (QED) is 0.611. The van der Waals surface area contributed by atoms with Crippen molar-refractivity contribution in [2.24, 2.45) is 0 Å². The van der Waals surface area contributed by atoms with Gasteiger partial charge in [0.05, 0.1) is 0 Å². The zero-order valence-electron chi connectivity index (χ0n) is 15.5. The lowest BCUT2D eigenvalue weighted by Gasteiger charge is -2.18. The summed E-state index contributed by atoms with van der Waals surface area (Å²) in [5, 5.41) is 3.44. The highest BCUT2D eigenvalue weighted by Gasteiger charge is 2.08. The molecule has 0 amide bonds. The first-order valence-electron chi connectivity index (χ1n) is 9.09. The molecule has 0 bridgehead atoms. The fourth-order valence-corrected chi connectivity index (χ4v) is 2.90. The summed E-state index contributed by atoms with van der Waals surface area (Å²) < 4.78 is 0. The molecule has 1 heterocycles. The zero-order chi connectivity index (χ0) is 18.2. The summed E-state index contributed by atoms with van der Waals surface area (Å²) in [7, 11) is 2.03. The first kappa shape index (κ1) is 17.9. The fraction of sp³-hybridized carbons (Fsp3) is 0.273. The van der Waals surface area contributed by atoms with Crippen molar-refractivity contribution in [3.63, 3.8) is 0 Å². The van der Waals surface area contributed by atoms with Crippen LogP contribution in [-0.4, -0.2) is 23.6 Å². The molecule has 1 N–H and O–H groups in total. The number of anilines is 2. The molecule has 4 nitrogen and oxygen atoms in total. The van der Waals surface area contributed by atoms with Crippen LogP contribution in [0.25, 0.3) is 0 Å². The van der Waals surface area contributed by atoms with Gasteiger partial charge in [0.15, 0.2) is 0 Å². The summed E-state index contributed by atoms with van der Waals surface area (Å²) in [6.45, 7) is 3.70. The van der Waals surface area contributed by atoms with Crippen molar-refractivity contribution in [3.05, 3.63) is 83.6 Å². The molecule has 0 fully saturated rings. The second-order valence-corrected chi connectivity index (χ2v) is 6.55. The Kier molecular flexibility index (Phi) is 6.20. The third kappa shape index (κ3) is 5.31.